The first-order valence-electron chi connectivity index (χ1n) is 8.07. The summed E-state index contributed by atoms with van der Waals surface area (Å²) in [5, 5.41) is 2.79. The largest absolute Gasteiger partial charge is 0.324 e. The average Bonchev–Trinajstić information content (AvgIpc) is 2.90. The molecule has 0 saturated carbocycles. The lowest BCUT2D eigenvalue weighted by atomic mass is 10.1. The van der Waals surface area contributed by atoms with Gasteiger partial charge in [-0.25, -0.2) is 0 Å². The van der Waals surface area contributed by atoms with Gasteiger partial charge in [0.1, 0.15) is 0 Å². The molecule has 2 aromatic rings. The van der Waals surface area contributed by atoms with Crippen LogP contribution in [-0.4, -0.2) is 23.1 Å². The molecule has 2 aromatic carbocycles. The molecule has 0 saturated heterocycles. The molecule has 1 N–H and O–H groups in total. The van der Waals surface area contributed by atoms with E-state index >= 15 is 0 Å². The van der Waals surface area contributed by atoms with E-state index < -0.39 is 0 Å². The Bertz CT molecular complexity index is 849. The number of rotatable bonds is 1. The fourth-order valence-corrected chi connectivity index (χ4v) is 4.29. The zero-order chi connectivity index (χ0) is 16.8. The molecule has 4 rings (SSSR count). The summed E-state index contributed by atoms with van der Waals surface area (Å²) in [6.45, 7) is 3.94. The SMILES string of the molecule is CC1Sc2ccc(C(=O)N3c4ccccc4CC3C)cc2NC1=O. The molecular weight excluding hydrogens is 320 g/mol. The lowest BCUT2D eigenvalue weighted by Crippen LogP contribution is -2.36. The van der Waals surface area contributed by atoms with Gasteiger partial charge in [-0.1, -0.05) is 18.2 Å². The van der Waals surface area contributed by atoms with Crippen molar-refractivity contribution in [1.29, 1.82) is 0 Å². The van der Waals surface area contributed by atoms with Gasteiger partial charge in [-0.05, 0) is 50.1 Å². The van der Waals surface area contributed by atoms with Gasteiger partial charge in [0.25, 0.3) is 5.91 Å². The maximum Gasteiger partial charge on any atom is 0.258 e. The predicted molar refractivity (Wildman–Crippen MR) is 96.8 cm³/mol. The quantitative estimate of drug-likeness (QED) is 0.862. The number of hydrogen-bond donors (Lipinski definition) is 1. The number of hydrogen-bond acceptors (Lipinski definition) is 3. The van der Waals surface area contributed by atoms with Crippen molar-refractivity contribution in [3.05, 3.63) is 53.6 Å². The van der Waals surface area contributed by atoms with Gasteiger partial charge < -0.3 is 10.2 Å². The molecule has 0 spiro atoms. The average molecular weight is 338 g/mol. The minimum absolute atomic E-state index is 0.0167. The molecule has 0 radical (unpaired) electrons. The second-order valence-electron chi connectivity index (χ2n) is 6.32. The number of carbonyl (C=O) groups is 2. The van der Waals surface area contributed by atoms with Gasteiger partial charge in [0.15, 0.2) is 0 Å². The summed E-state index contributed by atoms with van der Waals surface area (Å²) in [7, 11) is 0. The molecule has 0 fully saturated rings. The van der Waals surface area contributed by atoms with Gasteiger partial charge >= 0.3 is 0 Å². The van der Waals surface area contributed by atoms with Gasteiger partial charge in [-0.15, -0.1) is 11.8 Å². The fraction of sp³-hybridized carbons (Fsp3) is 0.263. The van der Waals surface area contributed by atoms with Crippen molar-refractivity contribution in [3.8, 4) is 0 Å². The number of thioether (sulfide) groups is 1. The second-order valence-corrected chi connectivity index (χ2v) is 7.70. The Morgan fingerprint density at radius 3 is 2.83 bits per heavy atom. The number of nitrogens with one attached hydrogen (secondary N) is 1. The molecule has 4 nitrogen and oxygen atoms in total. The highest BCUT2D eigenvalue weighted by Gasteiger charge is 2.32. The Labute approximate surface area is 145 Å². The van der Waals surface area contributed by atoms with Crippen molar-refractivity contribution in [3.63, 3.8) is 0 Å². The topological polar surface area (TPSA) is 49.4 Å². The molecule has 2 amide bonds. The summed E-state index contributed by atoms with van der Waals surface area (Å²) in [5.41, 5.74) is 3.52. The van der Waals surface area contributed by atoms with Crippen LogP contribution in [0.25, 0.3) is 0 Å². The molecule has 0 bridgehead atoms. The van der Waals surface area contributed by atoms with Crippen LogP contribution >= 0.6 is 11.8 Å². The van der Waals surface area contributed by atoms with Crippen LogP contribution in [0, 0.1) is 0 Å². The van der Waals surface area contributed by atoms with Crippen LogP contribution in [0.5, 0.6) is 0 Å². The smallest absolute Gasteiger partial charge is 0.258 e. The van der Waals surface area contributed by atoms with Crippen LogP contribution < -0.4 is 10.2 Å². The van der Waals surface area contributed by atoms with Crippen molar-refractivity contribution in [2.24, 2.45) is 0 Å². The van der Waals surface area contributed by atoms with E-state index in [1.54, 1.807) is 6.07 Å². The van der Waals surface area contributed by atoms with E-state index in [4.69, 9.17) is 0 Å². The molecule has 24 heavy (non-hydrogen) atoms. The number of anilines is 2. The van der Waals surface area contributed by atoms with Crippen molar-refractivity contribution in [2.75, 3.05) is 10.2 Å². The molecular formula is C19H18N2O2S. The Hall–Kier alpha value is -2.27. The third-order valence-corrected chi connectivity index (χ3v) is 5.76. The number of fused-ring (bicyclic) bond motifs is 2. The third kappa shape index (κ3) is 2.40. The zero-order valence-electron chi connectivity index (χ0n) is 13.6. The van der Waals surface area contributed by atoms with E-state index in [0.29, 0.717) is 5.56 Å². The standard InChI is InChI=1S/C19H18N2O2S/c1-11-9-13-5-3-4-6-16(13)21(11)19(23)14-7-8-17-15(10-14)20-18(22)12(2)24-17/h3-8,10-12H,9H2,1-2H3,(H,20,22). The summed E-state index contributed by atoms with van der Waals surface area (Å²) in [6.07, 6.45) is 0.872. The van der Waals surface area contributed by atoms with E-state index in [2.05, 4.69) is 18.3 Å². The van der Waals surface area contributed by atoms with Crippen LogP contribution in [0.2, 0.25) is 0 Å². The highest BCUT2D eigenvalue weighted by Crippen LogP contribution is 2.37. The van der Waals surface area contributed by atoms with Gasteiger partial charge in [0.05, 0.1) is 10.9 Å². The molecule has 2 atom stereocenters. The lowest BCUT2D eigenvalue weighted by molar-refractivity contribution is -0.115. The minimum atomic E-state index is -0.107. The van der Waals surface area contributed by atoms with Crippen molar-refractivity contribution in [2.45, 2.75) is 36.5 Å². The summed E-state index contributed by atoms with van der Waals surface area (Å²) in [5.74, 6) is -0.0369. The maximum atomic E-state index is 13.1. The number of carbonyl (C=O) groups excluding carboxylic acids is 2. The van der Waals surface area contributed by atoms with E-state index in [-0.39, 0.29) is 23.1 Å². The van der Waals surface area contributed by atoms with E-state index in [9.17, 15) is 9.59 Å². The summed E-state index contributed by atoms with van der Waals surface area (Å²) in [6, 6.07) is 13.7. The first kappa shape index (κ1) is 15.3. The molecule has 2 aliphatic rings. The molecule has 2 unspecified atom stereocenters. The van der Waals surface area contributed by atoms with Gasteiger partial charge in [0.2, 0.25) is 5.91 Å². The zero-order valence-corrected chi connectivity index (χ0v) is 14.4. The Balaban J connectivity index is 1.69. The van der Waals surface area contributed by atoms with Crippen molar-refractivity contribution < 1.29 is 9.59 Å². The third-order valence-electron chi connectivity index (χ3n) is 4.58. The fourth-order valence-electron chi connectivity index (χ4n) is 3.36. The Kier molecular flexibility index (Phi) is 3.61. The van der Waals surface area contributed by atoms with Crippen LogP contribution in [0.3, 0.4) is 0 Å². The normalized spacial score (nSPS) is 21.9. The molecule has 122 valence electrons. The Morgan fingerprint density at radius 1 is 1.21 bits per heavy atom. The first-order chi connectivity index (χ1) is 11.5. The number of para-hydroxylation sites is 1. The number of amides is 2. The van der Waals surface area contributed by atoms with Crippen LogP contribution in [0.4, 0.5) is 11.4 Å². The minimum Gasteiger partial charge on any atom is -0.324 e. The van der Waals surface area contributed by atoms with Gasteiger partial charge in [0, 0.05) is 22.2 Å². The second kappa shape index (κ2) is 5.67. The van der Waals surface area contributed by atoms with Gasteiger partial charge in [-0.2, -0.15) is 0 Å². The summed E-state index contributed by atoms with van der Waals surface area (Å²) >= 11 is 1.52. The molecule has 0 aromatic heterocycles. The lowest BCUT2D eigenvalue weighted by Gasteiger charge is -2.25. The van der Waals surface area contributed by atoms with Gasteiger partial charge in [-0.3, -0.25) is 9.59 Å². The predicted octanol–water partition coefficient (Wildman–Crippen LogP) is 3.71. The van der Waals surface area contributed by atoms with E-state index in [1.165, 1.54) is 17.3 Å². The first-order valence-corrected chi connectivity index (χ1v) is 8.95. The summed E-state index contributed by atoms with van der Waals surface area (Å²) in [4.78, 5) is 27.8. The van der Waals surface area contributed by atoms with Crippen molar-refractivity contribution in [1.82, 2.24) is 0 Å². The maximum absolute atomic E-state index is 13.1. The van der Waals surface area contributed by atoms with Crippen LogP contribution in [-0.2, 0) is 11.2 Å². The highest BCUT2D eigenvalue weighted by atomic mass is 32.2. The van der Waals surface area contributed by atoms with E-state index in [0.717, 1.165) is 22.7 Å². The monoisotopic (exact) mass is 338 g/mol. The molecule has 2 heterocycles. The number of benzene rings is 2. The number of nitrogens with zero attached hydrogens (tertiary/aromatic N) is 1. The van der Waals surface area contributed by atoms with E-state index in [1.807, 2.05) is 42.2 Å². The molecule has 2 aliphatic heterocycles. The molecule has 5 heteroatoms. The van der Waals surface area contributed by atoms with Crippen LogP contribution in [0.1, 0.15) is 29.8 Å². The van der Waals surface area contributed by atoms with Crippen molar-refractivity contribution >= 4 is 35.0 Å². The highest BCUT2D eigenvalue weighted by molar-refractivity contribution is 8.00. The summed E-state index contributed by atoms with van der Waals surface area (Å²) < 4.78 is 0. The van der Waals surface area contributed by atoms with Crippen LogP contribution in [0.15, 0.2) is 47.4 Å². The Morgan fingerprint density at radius 2 is 2.00 bits per heavy atom. The molecule has 0 aliphatic carbocycles.